The zero-order chi connectivity index (χ0) is 7.98. The fourth-order valence-corrected chi connectivity index (χ4v) is 0.505. The van der Waals surface area contributed by atoms with Crippen LogP contribution in [0, 0.1) is 0 Å². The number of ether oxygens (including phenoxy) is 2. The molecule has 0 N–H and O–H groups in total. The molecule has 0 heterocycles. The van der Waals surface area contributed by atoms with Crippen molar-refractivity contribution in [3.8, 4) is 0 Å². The maximum absolute atomic E-state index is 5.23. The highest BCUT2D eigenvalue weighted by molar-refractivity contribution is 4.81. The van der Waals surface area contributed by atoms with Crippen molar-refractivity contribution in [1.29, 1.82) is 0 Å². The summed E-state index contributed by atoms with van der Waals surface area (Å²) in [6.07, 6.45) is 0.247. The minimum atomic E-state index is 0.247. The van der Waals surface area contributed by atoms with E-state index in [0.717, 1.165) is 0 Å². The van der Waals surface area contributed by atoms with E-state index in [2.05, 4.69) is 6.58 Å². The van der Waals surface area contributed by atoms with Gasteiger partial charge in [0.15, 0.2) is 0 Å². The molecule has 2 heteroatoms. The van der Waals surface area contributed by atoms with E-state index in [1.807, 2.05) is 20.8 Å². The Hall–Kier alpha value is -0.500. The molecule has 0 spiro atoms. The van der Waals surface area contributed by atoms with Crippen molar-refractivity contribution in [3.63, 3.8) is 0 Å². The topological polar surface area (TPSA) is 18.5 Å². The van der Waals surface area contributed by atoms with Crippen LogP contribution in [-0.4, -0.2) is 19.3 Å². The Morgan fingerprint density at radius 1 is 1.50 bits per heavy atom. The molecule has 0 aromatic rings. The fraction of sp³-hybridized carbons (Fsp3) is 0.750. The number of hydrogen-bond acceptors (Lipinski definition) is 2. The van der Waals surface area contributed by atoms with E-state index in [1.54, 1.807) is 0 Å². The molecule has 0 aliphatic carbocycles. The number of rotatable bonds is 5. The molecule has 0 bridgehead atoms. The first kappa shape index (κ1) is 9.50. The van der Waals surface area contributed by atoms with Gasteiger partial charge in [0.1, 0.15) is 12.4 Å². The first-order valence-corrected chi connectivity index (χ1v) is 3.59. The molecule has 0 rings (SSSR count). The van der Waals surface area contributed by atoms with Crippen molar-refractivity contribution in [2.24, 2.45) is 0 Å². The van der Waals surface area contributed by atoms with Crippen molar-refractivity contribution in [2.45, 2.75) is 26.9 Å². The molecule has 0 aliphatic heterocycles. The lowest BCUT2D eigenvalue weighted by molar-refractivity contribution is 0.0617. The van der Waals surface area contributed by atoms with Crippen molar-refractivity contribution >= 4 is 0 Å². The summed E-state index contributed by atoms with van der Waals surface area (Å²) in [6, 6.07) is 0. The molecule has 0 aromatic carbocycles. The summed E-state index contributed by atoms with van der Waals surface area (Å²) < 4.78 is 10.3. The second-order valence-corrected chi connectivity index (χ2v) is 2.33. The lowest BCUT2D eigenvalue weighted by Crippen LogP contribution is -2.07. The summed E-state index contributed by atoms with van der Waals surface area (Å²) >= 11 is 0. The molecule has 0 amide bonds. The van der Waals surface area contributed by atoms with Gasteiger partial charge in [-0.25, -0.2) is 0 Å². The summed E-state index contributed by atoms with van der Waals surface area (Å²) in [5.74, 6) is 0.705. The van der Waals surface area contributed by atoms with Gasteiger partial charge in [-0.15, -0.1) is 0 Å². The first-order valence-electron chi connectivity index (χ1n) is 3.59. The quantitative estimate of drug-likeness (QED) is 0.549. The SMILES string of the molecule is C=C(COC(C)C)OCC. The lowest BCUT2D eigenvalue weighted by Gasteiger charge is -2.09. The molecule has 60 valence electrons. The Balaban J connectivity index is 3.22. The van der Waals surface area contributed by atoms with E-state index < -0.39 is 0 Å². The van der Waals surface area contributed by atoms with Crippen LogP contribution < -0.4 is 0 Å². The molecule has 0 saturated carbocycles. The molecule has 0 aromatic heterocycles. The summed E-state index contributed by atoms with van der Waals surface area (Å²) in [7, 11) is 0. The molecule has 0 fully saturated rings. The third-order valence-electron chi connectivity index (χ3n) is 0.926. The second kappa shape index (κ2) is 5.30. The monoisotopic (exact) mass is 144 g/mol. The first-order chi connectivity index (χ1) is 4.66. The van der Waals surface area contributed by atoms with E-state index in [4.69, 9.17) is 9.47 Å². The van der Waals surface area contributed by atoms with Crippen LogP contribution in [0.25, 0.3) is 0 Å². The van der Waals surface area contributed by atoms with Gasteiger partial charge in [-0.3, -0.25) is 0 Å². The van der Waals surface area contributed by atoms with Gasteiger partial charge in [-0.05, 0) is 20.8 Å². The standard InChI is InChI=1S/C8H16O2/c1-5-9-8(4)6-10-7(2)3/h7H,4-6H2,1-3H3. The van der Waals surface area contributed by atoms with Crippen LogP contribution in [0.3, 0.4) is 0 Å². The summed E-state index contributed by atoms with van der Waals surface area (Å²) in [4.78, 5) is 0. The summed E-state index contributed by atoms with van der Waals surface area (Å²) in [6.45, 7) is 10.7. The Bertz CT molecular complexity index is 97.4. The fourth-order valence-electron chi connectivity index (χ4n) is 0.505. The van der Waals surface area contributed by atoms with Crippen LogP contribution in [-0.2, 0) is 9.47 Å². The van der Waals surface area contributed by atoms with Gasteiger partial charge in [0.05, 0.1) is 12.7 Å². The van der Waals surface area contributed by atoms with Crippen molar-refractivity contribution in [1.82, 2.24) is 0 Å². The Morgan fingerprint density at radius 2 is 2.10 bits per heavy atom. The minimum Gasteiger partial charge on any atom is -0.496 e. The van der Waals surface area contributed by atoms with Gasteiger partial charge in [0, 0.05) is 0 Å². The minimum absolute atomic E-state index is 0.247. The second-order valence-electron chi connectivity index (χ2n) is 2.33. The number of hydrogen-bond donors (Lipinski definition) is 0. The van der Waals surface area contributed by atoms with Crippen LogP contribution in [0.1, 0.15) is 20.8 Å². The van der Waals surface area contributed by atoms with E-state index >= 15 is 0 Å². The van der Waals surface area contributed by atoms with E-state index in [-0.39, 0.29) is 6.10 Å². The summed E-state index contributed by atoms with van der Waals surface area (Å²) in [5, 5.41) is 0. The Morgan fingerprint density at radius 3 is 2.50 bits per heavy atom. The lowest BCUT2D eigenvalue weighted by atomic mass is 10.5. The molecule has 0 radical (unpaired) electrons. The van der Waals surface area contributed by atoms with Crippen molar-refractivity contribution in [3.05, 3.63) is 12.3 Å². The van der Waals surface area contributed by atoms with Gasteiger partial charge in [-0.2, -0.15) is 0 Å². The third-order valence-corrected chi connectivity index (χ3v) is 0.926. The summed E-state index contributed by atoms with van der Waals surface area (Å²) in [5.41, 5.74) is 0. The van der Waals surface area contributed by atoms with Crippen molar-refractivity contribution < 1.29 is 9.47 Å². The van der Waals surface area contributed by atoms with Gasteiger partial charge < -0.3 is 9.47 Å². The molecular weight excluding hydrogens is 128 g/mol. The molecule has 0 atom stereocenters. The maximum Gasteiger partial charge on any atom is 0.114 e. The molecule has 2 nitrogen and oxygen atoms in total. The molecule has 10 heavy (non-hydrogen) atoms. The molecular formula is C8H16O2. The highest BCUT2D eigenvalue weighted by Crippen LogP contribution is 1.96. The van der Waals surface area contributed by atoms with E-state index in [9.17, 15) is 0 Å². The molecule has 0 unspecified atom stereocenters. The van der Waals surface area contributed by atoms with Crippen molar-refractivity contribution in [2.75, 3.05) is 13.2 Å². The van der Waals surface area contributed by atoms with E-state index in [0.29, 0.717) is 19.0 Å². The van der Waals surface area contributed by atoms with Crippen LogP contribution in [0.15, 0.2) is 12.3 Å². The highest BCUT2D eigenvalue weighted by atomic mass is 16.5. The zero-order valence-electron chi connectivity index (χ0n) is 7.02. The largest absolute Gasteiger partial charge is 0.496 e. The van der Waals surface area contributed by atoms with Gasteiger partial charge in [0.2, 0.25) is 0 Å². The smallest absolute Gasteiger partial charge is 0.114 e. The van der Waals surface area contributed by atoms with Crippen LogP contribution in [0.4, 0.5) is 0 Å². The van der Waals surface area contributed by atoms with E-state index in [1.165, 1.54) is 0 Å². The average molecular weight is 144 g/mol. The Labute approximate surface area is 62.8 Å². The predicted octanol–water partition coefficient (Wildman–Crippen LogP) is 1.96. The van der Waals surface area contributed by atoms with Crippen LogP contribution in [0.2, 0.25) is 0 Å². The Kier molecular flexibility index (Phi) is 5.03. The average Bonchev–Trinajstić information content (AvgIpc) is 1.85. The van der Waals surface area contributed by atoms with Gasteiger partial charge in [0.25, 0.3) is 0 Å². The third kappa shape index (κ3) is 5.63. The predicted molar refractivity (Wildman–Crippen MR) is 41.9 cm³/mol. The van der Waals surface area contributed by atoms with Crippen LogP contribution >= 0.6 is 0 Å². The van der Waals surface area contributed by atoms with Gasteiger partial charge >= 0.3 is 0 Å². The maximum atomic E-state index is 5.23. The van der Waals surface area contributed by atoms with Crippen LogP contribution in [0.5, 0.6) is 0 Å². The molecule has 0 saturated heterocycles. The van der Waals surface area contributed by atoms with Gasteiger partial charge in [-0.1, -0.05) is 6.58 Å². The zero-order valence-corrected chi connectivity index (χ0v) is 7.02. The normalized spacial score (nSPS) is 10.0. The highest BCUT2D eigenvalue weighted by Gasteiger charge is 1.95. The molecule has 0 aliphatic rings.